The maximum Gasteiger partial charge on any atom is 0.282 e. The van der Waals surface area contributed by atoms with Crippen molar-refractivity contribution in [1.29, 1.82) is 0 Å². The molecular formula is C12H16N2O3S. The van der Waals surface area contributed by atoms with Crippen molar-refractivity contribution in [3.63, 3.8) is 0 Å². The van der Waals surface area contributed by atoms with Crippen molar-refractivity contribution in [3.8, 4) is 0 Å². The Labute approximate surface area is 110 Å². The van der Waals surface area contributed by atoms with Crippen LogP contribution in [0.4, 0.5) is 5.69 Å². The topological polar surface area (TPSA) is 64.4 Å². The molecule has 0 amide bonds. The standard InChI is InChI=1S/C12H16N2O3S/c1-13-9-6-7-17-8-12(9)18-11-5-3-2-4-10(11)14(15)16/h2-5,9,12-13H,6-8H2,1H3. The molecule has 0 radical (unpaired) electrons. The zero-order valence-corrected chi connectivity index (χ0v) is 11.0. The lowest BCUT2D eigenvalue weighted by Gasteiger charge is -2.30. The molecule has 2 unspecified atom stereocenters. The summed E-state index contributed by atoms with van der Waals surface area (Å²) < 4.78 is 5.46. The molecule has 2 rings (SSSR count). The van der Waals surface area contributed by atoms with Crippen molar-refractivity contribution in [3.05, 3.63) is 34.4 Å². The van der Waals surface area contributed by atoms with Crippen molar-refractivity contribution < 1.29 is 9.66 Å². The summed E-state index contributed by atoms with van der Waals surface area (Å²) in [6.45, 7) is 1.38. The number of benzene rings is 1. The van der Waals surface area contributed by atoms with Gasteiger partial charge in [-0.25, -0.2) is 0 Å². The minimum atomic E-state index is -0.333. The van der Waals surface area contributed by atoms with Gasteiger partial charge < -0.3 is 10.1 Å². The number of thioether (sulfide) groups is 1. The Bertz CT molecular complexity index is 428. The lowest BCUT2D eigenvalue weighted by atomic mass is 10.1. The van der Waals surface area contributed by atoms with E-state index in [2.05, 4.69) is 5.32 Å². The van der Waals surface area contributed by atoms with E-state index in [0.29, 0.717) is 17.5 Å². The van der Waals surface area contributed by atoms with Gasteiger partial charge >= 0.3 is 0 Å². The van der Waals surface area contributed by atoms with Crippen LogP contribution in [0.15, 0.2) is 29.2 Å². The minimum Gasteiger partial charge on any atom is -0.380 e. The zero-order chi connectivity index (χ0) is 13.0. The number of hydrogen-bond donors (Lipinski definition) is 1. The number of rotatable bonds is 4. The molecule has 0 bridgehead atoms. The first kappa shape index (κ1) is 13.3. The second-order valence-electron chi connectivity index (χ2n) is 4.14. The maximum absolute atomic E-state index is 11.0. The van der Waals surface area contributed by atoms with E-state index < -0.39 is 0 Å². The van der Waals surface area contributed by atoms with Crippen LogP contribution in [0, 0.1) is 10.1 Å². The van der Waals surface area contributed by atoms with E-state index >= 15 is 0 Å². The summed E-state index contributed by atoms with van der Waals surface area (Å²) in [6, 6.07) is 7.19. The first-order valence-electron chi connectivity index (χ1n) is 5.87. The highest BCUT2D eigenvalue weighted by Gasteiger charge is 2.27. The third-order valence-corrected chi connectivity index (χ3v) is 4.38. The number of nitro groups is 1. The zero-order valence-electron chi connectivity index (χ0n) is 10.2. The minimum absolute atomic E-state index is 0.169. The fourth-order valence-corrected chi connectivity index (χ4v) is 3.38. The summed E-state index contributed by atoms with van der Waals surface area (Å²) in [5.41, 5.74) is 0.169. The number of nitrogens with zero attached hydrogens (tertiary/aromatic N) is 1. The average Bonchev–Trinajstić information content (AvgIpc) is 2.40. The predicted octanol–water partition coefficient (Wildman–Crippen LogP) is 2.06. The van der Waals surface area contributed by atoms with Gasteiger partial charge in [-0.1, -0.05) is 12.1 Å². The van der Waals surface area contributed by atoms with Crippen molar-refractivity contribution >= 4 is 17.4 Å². The van der Waals surface area contributed by atoms with Crippen molar-refractivity contribution in [2.45, 2.75) is 22.6 Å². The van der Waals surface area contributed by atoms with Gasteiger partial charge in [-0.15, -0.1) is 11.8 Å². The molecule has 98 valence electrons. The van der Waals surface area contributed by atoms with Gasteiger partial charge in [0.15, 0.2) is 0 Å². The second-order valence-corrected chi connectivity index (χ2v) is 5.42. The molecule has 5 nitrogen and oxygen atoms in total. The highest BCUT2D eigenvalue weighted by atomic mass is 32.2. The van der Waals surface area contributed by atoms with Gasteiger partial charge in [-0.05, 0) is 19.5 Å². The molecular weight excluding hydrogens is 252 g/mol. The molecule has 1 saturated heterocycles. The van der Waals surface area contributed by atoms with Gasteiger partial charge in [0, 0.05) is 24.0 Å². The summed E-state index contributed by atoms with van der Waals surface area (Å²) >= 11 is 1.52. The van der Waals surface area contributed by atoms with E-state index in [1.54, 1.807) is 18.2 Å². The number of para-hydroxylation sites is 1. The van der Waals surface area contributed by atoms with Crippen LogP contribution in [0.2, 0.25) is 0 Å². The number of nitro benzene ring substituents is 1. The van der Waals surface area contributed by atoms with Crippen LogP contribution < -0.4 is 5.32 Å². The molecule has 1 aliphatic heterocycles. The fraction of sp³-hybridized carbons (Fsp3) is 0.500. The fourth-order valence-electron chi connectivity index (χ4n) is 2.03. The Hall–Kier alpha value is -1.11. The molecule has 0 aromatic heterocycles. The lowest BCUT2D eigenvalue weighted by molar-refractivity contribution is -0.387. The number of hydrogen-bond acceptors (Lipinski definition) is 5. The van der Waals surface area contributed by atoms with Gasteiger partial charge in [-0.3, -0.25) is 10.1 Å². The Morgan fingerprint density at radius 3 is 3.00 bits per heavy atom. The van der Waals surface area contributed by atoms with Crippen molar-refractivity contribution in [1.82, 2.24) is 5.32 Å². The van der Waals surface area contributed by atoms with Crippen LogP contribution in [0.5, 0.6) is 0 Å². The number of nitrogens with one attached hydrogen (secondary N) is 1. The van der Waals surface area contributed by atoms with Gasteiger partial charge in [0.05, 0.1) is 16.4 Å². The van der Waals surface area contributed by atoms with Crippen LogP contribution in [0.1, 0.15) is 6.42 Å². The van der Waals surface area contributed by atoms with Crippen LogP contribution in [-0.2, 0) is 4.74 Å². The van der Waals surface area contributed by atoms with Gasteiger partial charge in [0.1, 0.15) is 0 Å². The second kappa shape index (κ2) is 6.17. The summed E-state index contributed by atoms with van der Waals surface area (Å²) in [4.78, 5) is 11.3. The predicted molar refractivity (Wildman–Crippen MR) is 71.0 cm³/mol. The van der Waals surface area contributed by atoms with E-state index in [1.807, 2.05) is 13.1 Å². The largest absolute Gasteiger partial charge is 0.380 e. The van der Waals surface area contributed by atoms with E-state index in [1.165, 1.54) is 11.8 Å². The van der Waals surface area contributed by atoms with Crippen LogP contribution in [0.25, 0.3) is 0 Å². The molecule has 0 saturated carbocycles. The highest BCUT2D eigenvalue weighted by molar-refractivity contribution is 8.00. The van der Waals surface area contributed by atoms with Gasteiger partial charge in [0.25, 0.3) is 5.69 Å². The first-order chi connectivity index (χ1) is 8.72. The summed E-state index contributed by atoms with van der Waals surface area (Å²) in [7, 11) is 1.92. The van der Waals surface area contributed by atoms with Crippen molar-refractivity contribution in [2.75, 3.05) is 20.3 Å². The first-order valence-corrected chi connectivity index (χ1v) is 6.75. The van der Waals surface area contributed by atoms with Crippen molar-refractivity contribution in [2.24, 2.45) is 0 Å². The summed E-state index contributed by atoms with van der Waals surface area (Å²) in [5.74, 6) is 0. The van der Waals surface area contributed by atoms with Crippen LogP contribution in [0.3, 0.4) is 0 Å². The molecule has 6 heteroatoms. The molecule has 1 heterocycles. The van der Waals surface area contributed by atoms with Gasteiger partial charge in [0.2, 0.25) is 0 Å². The third kappa shape index (κ3) is 3.01. The SMILES string of the molecule is CNC1CCOCC1Sc1ccccc1[N+](=O)[O-]. The third-order valence-electron chi connectivity index (χ3n) is 3.02. The molecule has 2 atom stereocenters. The van der Waals surface area contributed by atoms with E-state index in [-0.39, 0.29) is 15.9 Å². The Morgan fingerprint density at radius 1 is 1.50 bits per heavy atom. The van der Waals surface area contributed by atoms with E-state index in [4.69, 9.17) is 4.74 Å². The molecule has 1 aliphatic rings. The molecule has 1 fully saturated rings. The van der Waals surface area contributed by atoms with E-state index in [9.17, 15) is 10.1 Å². The molecule has 0 aliphatic carbocycles. The summed E-state index contributed by atoms with van der Waals surface area (Å²) in [5, 5.41) is 14.4. The van der Waals surface area contributed by atoms with E-state index in [0.717, 1.165) is 13.0 Å². The maximum atomic E-state index is 11.0. The summed E-state index contributed by atoms with van der Waals surface area (Å²) in [6.07, 6.45) is 0.939. The smallest absolute Gasteiger partial charge is 0.282 e. The molecule has 1 aromatic carbocycles. The Morgan fingerprint density at radius 2 is 2.28 bits per heavy atom. The molecule has 1 aromatic rings. The van der Waals surface area contributed by atoms with Gasteiger partial charge in [-0.2, -0.15) is 0 Å². The Kier molecular flexibility index (Phi) is 4.57. The van der Waals surface area contributed by atoms with Crippen LogP contribution in [-0.4, -0.2) is 36.5 Å². The average molecular weight is 268 g/mol. The van der Waals surface area contributed by atoms with Crippen LogP contribution >= 0.6 is 11.8 Å². The Balaban J connectivity index is 2.15. The molecule has 1 N–H and O–H groups in total. The quantitative estimate of drug-likeness (QED) is 0.669. The monoisotopic (exact) mass is 268 g/mol. The highest BCUT2D eigenvalue weighted by Crippen LogP contribution is 2.34. The molecule has 0 spiro atoms. The normalized spacial score (nSPS) is 23.8. The molecule has 18 heavy (non-hydrogen) atoms. The number of ether oxygens (including phenoxy) is 1. The lowest BCUT2D eigenvalue weighted by Crippen LogP contribution is -2.43.